The van der Waals surface area contributed by atoms with Crippen molar-refractivity contribution in [1.29, 1.82) is 0 Å². The van der Waals surface area contributed by atoms with E-state index in [9.17, 15) is 5.11 Å². The van der Waals surface area contributed by atoms with Gasteiger partial charge in [0.1, 0.15) is 5.75 Å². The minimum absolute atomic E-state index is 0.290. The standard InChI is InChI=1S/C17H25NO/c1-4-7-17-8-9-18(3)16(12(17)2)10-13-5-6-14(19)11-15(13)17/h5-6,11-12,16,19H,4,7-10H2,1-3H3/t12-,16?,17+/m0/s1. The van der Waals surface area contributed by atoms with E-state index in [4.69, 9.17) is 0 Å². The summed E-state index contributed by atoms with van der Waals surface area (Å²) in [6.07, 6.45) is 4.83. The van der Waals surface area contributed by atoms with Gasteiger partial charge in [-0.15, -0.1) is 0 Å². The van der Waals surface area contributed by atoms with Gasteiger partial charge in [0, 0.05) is 11.5 Å². The minimum atomic E-state index is 0.290. The second-order valence-electron chi connectivity index (χ2n) is 6.54. The van der Waals surface area contributed by atoms with E-state index in [2.05, 4.69) is 31.9 Å². The van der Waals surface area contributed by atoms with E-state index < -0.39 is 0 Å². The molecule has 1 N–H and O–H groups in total. The summed E-state index contributed by atoms with van der Waals surface area (Å²) in [5, 5.41) is 9.90. The zero-order valence-corrected chi connectivity index (χ0v) is 12.3. The summed E-state index contributed by atoms with van der Waals surface area (Å²) in [5.41, 5.74) is 3.19. The molecule has 0 saturated carbocycles. The molecule has 19 heavy (non-hydrogen) atoms. The third-order valence-corrected chi connectivity index (χ3v) is 5.68. The molecule has 2 bridgehead atoms. The van der Waals surface area contributed by atoms with E-state index in [1.54, 1.807) is 0 Å². The fourth-order valence-corrected chi connectivity index (χ4v) is 4.60. The topological polar surface area (TPSA) is 23.5 Å². The van der Waals surface area contributed by atoms with Gasteiger partial charge >= 0.3 is 0 Å². The largest absolute Gasteiger partial charge is 0.508 e. The van der Waals surface area contributed by atoms with Crippen molar-refractivity contribution in [2.24, 2.45) is 5.92 Å². The van der Waals surface area contributed by atoms with Crippen molar-refractivity contribution in [2.75, 3.05) is 13.6 Å². The summed E-state index contributed by atoms with van der Waals surface area (Å²) >= 11 is 0. The lowest BCUT2D eigenvalue weighted by molar-refractivity contribution is 0.0354. The minimum Gasteiger partial charge on any atom is -0.508 e. The Morgan fingerprint density at radius 2 is 2.21 bits per heavy atom. The number of phenolic OH excluding ortho intramolecular Hbond substituents is 1. The average molecular weight is 259 g/mol. The van der Waals surface area contributed by atoms with Gasteiger partial charge in [0.15, 0.2) is 0 Å². The van der Waals surface area contributed by atoms with Crippen LogP contribution in [0.1, 0.15) is 44.2 Å². The molecule has 1 saturated heterocycles. The predicted octanol–water partition coefficient (Wildman–Crippen LogP) is 3.33. The highest BCUT2D eigenvalue weighted by atomic mass is 16.3. The number of hydrogen-bond donors (Lipinski definition) is 1. The van der Waals surface area contributed by atoms with Crippen LogP contribution in [0.4, 0.5) is 0 Å². The Morgan fingerprint density at radius 1 is 1.42 bits per heavy atom. The first-order valence-electron chi connectivity index (χ1n) is 7.61. The van der Waals surface area contributed by atoms with Crippen molar-refractivity contribution < 1.29 is 5.11 Å². The fourth-order valence-electron chi connectivity index (χ4n) is 4.60. The Hall–Kier alpha value is -1.02. The molecule has 3 atom stereocenters. The van der Waals surface area contributed by atoms with Gasteiger partial charge in [0.2, 0.25) is 0 Å². The van der Waals surface area contributed by atoms with Crippen LogP contribution >= 0.6 is 0 Å². The van der Waals surface area contributed by atoms with E-state index in [1.165, 1.54) is 36.9 Å². The van der Waals surface area contributed by atoms with Gasteiger partial charge in [-0.1, -0.05) is 26.3 Å². The number of hydrogen-bond acceptors (Lipinski definition) is 2. The van der Waals surface area contributed by atoms with Crippen LogP contribution in [0, 0.1) is 5.92 Å². The second-order valence-corrected chi connectivity index (χ2v) is 6.54. The Balaban J connectivity index is 2.15. The van der Waals surface area contributed by atoms with Crippen molar-refractivity contribution in [3.05, 3.63) is 29.3 Å². The summed E-state index contributed by atoms with van der Waals surface area (Å²) < 4.78 is 0. The summed E-state index contributed by atoms with van der Waals surface area (Å²) in [6.45, 7) is 5.89. The van der Waals surface area contributed by atoms with Crippen LogP contribution < -0.4 is 0 Å². The molecular weight excluding hydrogens is 234 g/mol. The summed E-state index contributed by atoms with van der Waals surface area (Å²) in [7, 11) is 2.27. The van der Waals surface area contributed by atoms with Crippen molar-refractivity contribution in [3.8, 4) is 5.75 Å². The van der Waals surface area contributed by atoms with Crippen LogP contribution in [-0.2, 0) is 11.8 Å². The third-order valence-electron chi connectivity index (χ3n) is 5.68. The van der Waals surface area contributed by atoms with Crippen LogP contribution in [0.2, 0.25) is 0 Å². The van der Waals surface area contributed by atoms with E-state index in [1.807, 2.05) is 12.1 Å². The van der Waals surface area contributed by atoms with Crippen molar-refractivity contribution in [3.63, 3.8) is 0 Å². The Morgan fingerprint density at radius 3 is 2.95 bits per heavy atom. The monoisotopic (exact) mass is 259 g/mol. The highest BCUT2D eigenvalue weighted by Crippen LogP contribution is 2.51. The molecule has 1 unspecified atom stereocenters. The average Bonchev–Trinajstić information content (AvgIpc) is 2.38. The lowest BCUT2D eigenvalue weighted by Crippen LogP contribution is -2.57. The normalized spacial score (nSPS) is 34.1. The number of likely N-dealkylation sites (N-methyl/N-ethyl adjacent to an activating group) is 1. The number of aromatic hydroxyl groups is 1. The first-order valence-corrected chi connectivity index (χ1v) is 7.61. The highest BCUT2D eigenvalue weighted by molar-refractivity contribution is 5.44. The van der Waals surface area contributed by atoms with Gasteiger partial charge in [-0.3, -0.25) is 0 Å². The molecule has 1 aliphatic heterocycles. The Kier molecular flexibility index (Phi) is 3.09. The molecule has 2 nitrogen and oxygen atoms in total. The Labute approximate surface area is 116 Å². The molecule has 0 aromatic heterocycles. The number of fused-ring (bicyclic) bond motifs is 4. The van der Waals surface area contributed by atoms with Crippen LogP contribution in [0.5, 0.6) is 5.75 Å². The van der Waals surface area contributed by atoms with Crippen molar-refractivity contribution >= 4 is 0 Å². The smallest absolute Gasteiger partial charge is 0.115 e. The van der Waals surface area contributed by atoms with E-state index in [0.717, 1.165) is 6.42 Å². The van der Waals surface area contributed by atoms with Gasteiger partial charge < -0.3 is 10.0 Å². The van der Waals surface area contributed by atoms with Gasteiger partial charge in [-0.2, -0.15) is 0 Å². The molecule has 0 radical (unpaired) electrons. The molecule has 3 rings (SSSR count). The summed E-state index contributed by atoms with van der Waals surface area (Å²) in [5.74, 6) is 1.11. The van der Waals surface area contributed by atoms with Crippen molar-refractivity contribution in [2.45, 2.75) is 51.0 Å². The molecule has 1 heterocycles. The number of nitrogens with zero attached hydrogens (tertiary/aromatic N) is 1. The molecule has 104 valence electrons. The molecule has 0 amide bonds. The quantitative estimate of drug-likeness (QED) is 0.880. The highest BCUT2D eigenvalue weighted by Gasteiger charge is 2.49. The summed E-state index contributed by atoms with van der Waals surface area (Å²) in [4.78, 5) is 2.54. The van der Waals surface area contributed by atoms with Crippen molar-refractivity contribution in [1.82, 2.24) is 4.90 Å². The third kappa shape index (κ3) is 1.80. The van der Waals surface area contributed by atoms with Crippen LogP contribution in [-0.4, -0.2) is 29.6 Å². The lowest BCUT2D eigenvalue weighted by atomic mass is 9.56. The van der Waals surface area contributed by atoms with E-state index >= 15 is 0 Å². The van der Waals surface area contributed by atoms with Gasteiger partial charge in [-0.05, 0) is 62.0 Å². The SMILES string of the molecule is CCC[C@]12CCN(C)C(Cc3ccc(O)cc31)[C@@H]2C. The van der Waals surface area contributed by atoms with Crippen LogP contribution in [0.15, 0.2) is 18.2 Å². The molecule has 2 aliphatic rings. The van der Waals surface area contributed by atoms with E-state index in [0.29, 0.717) is 17.7 Å². The number of phenols is 1. The maximum absolute atomic E-state index is 9.90. The predicted molar refractivity (Wildman–Crippen MR) is 78.6 cm³/mol. The maximum atomic E-state index is 9.90. The molecular formula is C17H25NO. The second kappa shape index (κ2) is 4.52. The molecule has 1 fully saturated rings. The van der Waals surface area contributed by atoms with E-state index in [-0.39, 0.29) is 5.41 Å². The zero-order chi connectivity index (χ0) is 13.6. The number of piperidine rings is 1. The fraction of sp³-hybridized carbons (Fsp3) is 0.647. The lowest BCUT2D eigenvalue weighted by Gasteiger charge is -2.55. The molecule has 2 heteroatoms. The van der Waals surface area contributed by atoms with Gasteiger partial charge in [0.25, 0.3) is 0 Å². The number of benzene rings is 1. The van der Waals surface area contributed by atoms with Gasteiger partial charge in [-0.25, -0.2) is 0 Å². The molecule has 1 aromatic rings. The van der Waals surface area contributed by atoms with Crippen LogP contribution in [0.3, 0.4) is 0 Å². The number of rotatable bonds is 2. The first kappa shape index (κ1) is 13.0. The Bertz CT molecular complexity index is 484. The zero-order valence-electron chi connectivity index (χ0n) is 12.3. The number of likely N-dealkylation sites (tertiary alicyclic amines) is 1. The van der Waals surface area contributed by atoms with Gasteiger partial charge in [0.05, 0.1) is 0 Å². The maximum Gasteiger partial charge on any atom is 0.115 e. The van der Waals surface area contributed by atoms with Crippen LogP contribution in [0.25, 0.3) is 0 Å². The summed E-state index contributed by atoms with van der Waals surface area (Å²) in [6, 6.07) is 6.71. The molecule has 1 aliphatic carbocycles. The molecule has 0 spiro atoms. The first-order chi connectivity index (χ1) is 9.08. The molecule has 1 aromatic carbocycles.